The van der Waals surface area contributed by atoms with E-state index in [1.807, 2.05) is 18.3 Å². The van der Waals surface area contributed by atoms with Crippen molar-refractivity contribution in [2.24, 2.45) is 4.99 Å². The molecule has 2 rings (SSSR count). The van der Waals surface area contributed by atoms with Crippen LogP contribution >= 0.6 is 0 Å². The molecule has 0 saturated heterocycles. The fourth-order valence-electron chi connectivity index (χ4n) is 2.04. The number of hydrogen-bond acceptors (Lipinski definition) is 2. The van der Waals surface area contributed by atoms with Gasteiger partial charge in [-0.05, 0) is 18.9 Å². The lowest BCUT2D eigenvalue weighted by Gasteiger charge is -2.21. The number of fused-ring (bicyclic) bond motifs is 1. The second-order valence-electron chi connectivity index (χ2n) is 4.54. The molecule has 0 spiro atoms. The fourth-order valence-corrected chi connectivity index (χ4v) is 2.04. The lowest BCUT2D eigenvalue weighted by molar-refractivity contribution is 0.720. The lowest BCUT2D eigenvalue weighted by atomic mass is 10.1. The van der Waals surface area contributed by atoms with Crippen LogP contribution in [0.2, 0.25) is 0 Å². The molecule has 0 radical (unpaired) electrons. The molecule has 0 N–H and O–H groups in total. The highest BCUT2D eigenvalue weighted by Crippen LogP contribution is 2.35. The number of aliphatic imine (C=N–C) groups is 1. The van der Waals surface area contributed by atoms with Gasteiger partial charge in [0.25, 0.3) is 0 Å². The van der Waals surface area contributed by atoms with Gasteiger partial charge in [0, 0.05) is 31.0 Å². The molecule has 2 heterocycles. The molecular weight excluding hydrogens is 210 g/mol. The van der Waals surface area contributed by atoms with E-state index in [-0.39, 0.29) is 0 Å². The molecule has 3 heteroatoms. The Morgan fingerprint density at radius 2 is 2.18 bits per heavy atom. The molecule has 0 amide bonds. The molecule has 17 heavy (non-hydrogen) atoms. The first-order valence-electron chi connectivity index (χ1n) is 5.87. The van der Waals surface area contributed by atoms with Gasteiger partial charge in [0.05, 0.1) is 6.34 Å². The smallest absolute Gasteiger partial charge is 0.144 e. The van der Waals surface area contributed by atoms with E-state index in [2.05, 4.69) is 42.8 Å². The molecule has 1 aliphatic rings. The van der Waals surface area contributed by atoms with Gasteiger partial charge in [-0.2, -0.15) is 0 Å². The Kier molecular flexibility index (Phi) is 2.92. The molecular formula is C14H19N3. The van der Waals surface area contributed by atoms with Crippen molar-refractivity contribution in [3.05, 3.63) is 36.1 Å². The molecule has 0 saturated carbocycles. The standard InChI is InChI=1S/C14H19N3/c1-6-10(2)7-17-8-11(3)13-12(4)16(5)9-15-14(13)17/h8-9H,2,4,6-7H2,1,3,5H3. The zero-order valence-electron chi connectivity index (χ0n) is 10.8. The van der Waals surface area contributed by atoms with Gasteiger partial charge in [-0.1, -0.05) is 25.7 Å². The molecule has 3 nitrogen and oxygen atoms in total. The van der Waals surface area contributed by atoms with Gasteiger partial charge in [-0.15, -0.1) is 0 Å². The van der Waals surface area contributed by atoms with Crippen molar-refractivity contribution >= 4 is 17.9 Å². The number of hydrogen-bond donors (Lipinski definition) is 0. The van der Waals surface area contributed by atoms with Crippen molar-refractivity contribution in [1.29, 1.82) is 0 Å². The van der Waals surface area contributed by atoms with Crippen molar-refractivity contribution in [3.8, 4) is 0 Å². The number of nitrogens with zero attached hydrogens (tertiary/aromatic N) is 3. The van der Waals surface area contributed by atoms with E-state index in [0.29, 0.717) is 0 Å². The normalized spacial score (nSPS) is 14.1. The van der Waals surface area contributed by atoms with Crippen LogP contribution in [0.25, 0.3) is 5.70 Å². The summed E-state index contributed by atoms with van der Waals surface area (Å²) < 4.78 is 2.16. The summed E-state index contributed by atoms with van der Waals surface area (Å²) in [5, 5.41) is 0. The summed E-state index contributed by atoms with van der Waals surface area (Å²) in [7, 11) is 1.97. The fraction of sp³-hybridized carbons (Fsp3) is 0.357. The second kappa shape index (κ2) is 4.24. The van der Waals surface area contributed by atoms with Gasteiger partial charge in [-0.3, -0.25) is 0 Å². The predicted molar refractivity (Wildman–Crippen MR) is 73.5 cm³/mol. The largest absolute Gasteiger partial charge is 0.335 e. The van der Waals surface area contributed by atoms with Crippen LogP contribution < -0.4 is 0 Å². The summed E-state index contributed by atoms with van der Waals surface area (Å²) in [6.45, 7) is 13.2. The second-order valence-corrected chi connectivity index (χ2v) is 4.54. The van der Waals surface area contributed by atoms with Gasteiger partial charge in [0.1, 0.15) is 5.82 Å². The maximum Gasteiger partial charge on any atom is 0.144 e. The van der Waals surface area contributed by atoms with Crippen molar-refractivity contribution in [3.63, 3.8) is 0 Å². The molecule has 0 aromatic carbocycles. The lowest BCUT2D eigenvalue weighted by Crippen LogP contribution is -2.17. The van der Waals surface area contributed by atoms with E-state index < -0.39 is 0 Å². The molecule has 90 valence electrons. The highest BCUT2D eigenvalue weighted by atomic mass is 15.2. The first kappa shape index (κ1) is 11.7. The predicted octanol–water partition coefficient (Wildman–Crippen LogP) is 3.34. The van der Waals surface area contributed by atoms with E-state index in [1.54, 1.807) is 0 Å². The molecule has 0 unspecified atom stereocenters. The third kappa shape index (κ3) is 1.93. The third-order valence-corrected chi connectivity index (χ3v) is 3.20. The van der Waals surface area contributed by atoms with Crippen molar-refractivity contribution in [1.82, 2.24) is 9.47 Å². The first-order valence-corrected chi connectivity index (χ1v) is 5.87. The average Bonchev–Trinajstić information content (AvgIpc) is 2.61. The monoisotopic (exact) mass is 229 g/mol. The van der Waals surface area contributed by atoms with Crippen molar-refractivity contribution in [2.75, 3.05) is 7.05 Å². The molecule has 1 aromatic heterocycles. The summed E-state index contributed by atoms with van der Waals surface area (Å²) in [6, 6.07) is 0. The van der Waals surface area contributed by atoms with Crippen LogP contribution in [-0.2, 0) is 6.54 Å². The zero-order valence-corrected chi connectivity index (χ0v) is 10.8. The van der Waals surface area contributed by atoms with Gasteiger partial charge >= 0.3 is 0 Å². The van der Waals surface area contributed by atoms with E-state index in [0.717, 1.165) is 30.0 Å². The van der Waals surface area contributed by atoms with Crippen LogP contribution in [0.4, 0.5) is 5.82 Å². The summed E-state index contributed by atoms with van der Waals surface area (Å²) in [5.41, 5.74) is 4.59. The highest BCUT2D eigenvalue weighted by molar-refractivity contribution is 5.86. The molecule has 0 bridgehead atoms. The molecule has 0 aliphatic carbocycles. The van der Waals surface area contributed by atoms with Gasteiger partial charge in [0.2, 0.25) is 0 Å². The maximum atomic E-state index is 4.49. The van der Waals surface area contributed by atoms with Crippen molar-refractivity contribution in [2.45, 2.75) is 26.8 Å². The van der Waals surface area contributed by atoms with Crippen molar-refractivity contribution < 1.29 is 0 Å². The zero-order chi connectivity index (χ0) is 12.6. The van der Waals surface area contributed by atoms with Crippen LogP contribution in [0.15, 0.2) is 29.9 Å². The van der Waals surface area contributed by atoms with Crippen LogP contribution in [-0.4, -0.2) is 22.9 Å². The number of allylic oxidation sites excluding steroid dienone is 1. The van der Waals surface area contributed by atoms with Crippen LogP contribution in [0.5, 0.6) is 0 Å². The first-order chi connectivity index (χ1) is 8.04. The van der Waals surface area contributed by atoms with Crippen LogP contribution in [0.3, 0.4) is 0 Å². The van der Waals surface area contributed by atoms with Gasteiger partial charge in [0.15, 0.2) is 0 Å². The van der Waals surface area contributed by atoms with Gasteiger partial charge < -0.3 is 9.47 Å². The number of aromatic nitrogens is 1. The van der Waals surface area contributed by atoms with E-state index in [4.69, 9.17) is 0 Å². The Morgan fingerprint density at radius 1 is 1.47 bits per heavy atom. The Bertz CT molecular complexity index is 506. The summed E-state index contributed by atoms with van der Waals surface area (Å²) >= 11 is 0. The number of aryl methyl sites for hydroxylation is 1. The molecule has 1 aliphatic heterocycles. The summed E-state index contributed by atoms with van der Waals surface area (Å²) in [5.74, 6) is 1.00. The maximum absolute atomic E-state index is 4.49. The Hall–Kier alpha value is -1.77. The highest BCUT2D eigenvalue weighted by Gasteiger charge is 2.20. The minimum atomic E-state index is 0.834. The SMILES string of the molecule is C=C(CC)Cn1cc(C)c2c1N=CN(C)C2=C. The molecule has 0 atom stereocenters. The minimum absolute atomic E-state index is 0.834. The van der Waals surface area contributed by atoms with E-state index in [9.17, 15) is 0 Å². The van der Waals surface area contributed by atoms with E-state index >= 15 is 0 Å². The average molecular weight is 229 g/mol. The molecule has 1 aromatic rings. The number of rotatable bonds is 3. The Labute approximate surface area is 103 Å². The minimum Gasteiger partial charge on any atom is -0.335 e. The Balaban J connectivity index is 2.44. The van der Waals surface area contributed by atoms with Crippen LogP contribution in [0, 0.1) is 6.92 Å². The Morgan fingerprint density at radius 3 is 2.82 bits per heavy atom. The molecule has 0 fully saturated rings. The quantitative estimate of drug-likeness (QED) is 0.728. The van der Waals surface area contributed by atoms with Gasteiger partial charge in [-0.25, -0.2) is 4.99 Å². The van der Waals surface area contributed by atoms with E-state index in [1.165, 1.54) is 11.1 Å². The third-order valence-electron chi connectivity index (χ3n) is 3.20. The topological polar surface area (TPSA) is 20.5 Å². The summed E-state index contributed by atoms with van der Waals surface area (Å²) in [6.07, 6.45) is 4.94. The van der Waals surface area contributed by atoms with Crippen LogP contribution in [0.1, 0.15) is 24.5 Å². The summed E-state index contributed by atoms with van der Waals surface area (Å²) in [4.78, 5) is 6.45.